The van der Waals surface area contributed by atoms with Crippen LogP contribution in [0.1, 0.15) is 30.4 Å². The van der Waals surface area contributed by atoms with Gasteiger partial charge in [0.15, 0.2) is 0 Å². The molecule has 304 valence electrons. The Morgan fingerprint density at radius 3 is 1.37 bits per heavy atom. The van der Waals surface area contributed by atoms with Crippen LogP contribution in [0.4, 0.5) is 0 Å². The van der Waals surface area contributed by atoms with Crippen molar-refractivity contribution in [2.24, 2.45) is 0 Å². The van der Waals surface area contributed by atoms with Gasteiger partial charge in [0.2, 0.25) is 0 Å². The lowest BCUT2D eigenvalue weighted by Crippen LogP contribution is -2.04. The number of allylic oxidation sites excluding steroid dienone is 1. The quantitative estimate of drug-likeness (QED) is 0.152. The summed E-state index contributed by atoms with van der Waals surface area (Å²) in [5.74, 6) is 0.476. The Morgan fingerprint density at radius 2 is 0.708 bits per heavy atom. The van der Waals surface area contributed by atoms with Crippen LogP contribution in [0.5, 0.6) is 0 Å². The Labute approximate surface area is 379 Å². The van der Waals surface area contributed by atoms with Crippen molar-refractivity contribution in [3.8, 4) is 55.6 Å². The van der Waals surface area contributed by atoms with Crippen LogP contribution < -0.4 is 0 Å². The van der Waals surface area contributed by atoms with Gasteiger partial charge in [-0.05, 0) is 180 Å². The van der Waals surface area contributed by atoms with Gasteiger partial charge in [-0.3, -0.25) is 0 Å². The summed E-state index contributed by atoms with van der Waals surface area (Å²) in [5, 5.41) is 15.4. The summed E-state index contributed by atoms with van der Waals surface area (Å²) in [4.78, 5) is 0. The molecule has 1 aliphatic rings. The van der Waals surface area contributed by atoms with E-state index in [4.69, 9.17) is 0 Å². The third-order valence-corrected chi connectivity index (χ3v) is 14.2. The molecule has 0 nitrogen and oxygen atoms in total. The minimum Gasteiger partial charge on any atom is -0.0833 e. The van der Waals surface area contributed by atoms with E-state index < -0.39 is 0 Å². The SMILES string of the molecule is CC1CC=Cc2c1c(-c1cccc(-c3ccc(-c4ccc5c(ccc6c7ccc(-c8cccc(-c9cc%10ccccc%10c%10ccccc9%10)c8)cc7ccc56)c4)cc3)c1)cc1ccccc21. The molecule has 0 bridgehead atoms. The summed E-state index contributed by atoms with van der Waals surface area (Å²) in [6.45, 7) is 2.37. The van der Waals surface area contributed by atoms with Crippen molar-refractivity contribution < 1.29 is 0 Å². The zero-order valence-electron chi connectivity index (χ0n) is 36.2. The maximum absolute atomic E-state index is 2.41. The molecule has 1 unspecified atom stereocenters. The Kier molecular flexibility index (Phi) is 8.68. The molecule has 12 aromatic carbocycles. The summed E-state index contributed by atoms with van der Waals surface area (Å²) < 4.78 is 0. The Bertz CT molecular complexity index is 3920. The van der Waals surface area contributed by atoms with Gasteiger partial charge in [0, 0.05) is 0 Å². The van der Waals surface area contributed by atoms with Gasteiger partial charge in [-0.25, -0.2) is 0 Å². The lowest BCUT2D eigenvalue weighted by Gasteiger charge is -2.24. The molecule has 0 saturated carbocycles. The molecule has 0 radical (unpaired) electrons. The summed E-state index contributed by atoms with van der Waals surface area (Å²) >= 11 is 0. The molecule has 0 spiro atoms. The molecule has 0 saturated heterocycles. The highest BCUT2D eigenvalue weighted by atomic mass is 14.2. The first-order valence-corrected chi connectivity index (χ1v) is 23.0. The van der Waals surface area contributed by atoms with Crippen molar-refractivity contribution in [1.82, 2.24) is 0 Å². The zero-order valence-corrected chi connectivity index (χ0v) is 36.2. The third kappa shape index (κ3) is 6.28. The third-order valence-electron chi connectivity index (χ3n) is 14.2. The molecule has 0 N–H and O–H groups in total. The van der Waals surface area contributed by atoms with E-state index in [1.54, 1.807) is 0 Å². The van der Waals surface area contributed by atoms with Gasteiger partial charge in [0.1, 0.15) is 0 Å². The van der Waals surface area contributed by atoms with E-state index in [1.807, 2.05) is 0 Å². The number of hydrogen-bond acceptors (Lipinski definition) is 0. The lowest BCUT2D eigenvalue weighted by atomic mass is 9.80. The maximum atomic E-state index is 2.41. The van der Waals surface area contributed by atoms with Gasteiger partial charge < -0.3 is 0 Å². The fourth-order valence-corrected chi connectivity index (χ4v) is 11.0. The fourth-order valence-electron chi connectivity index (χ4n) is 11.0. The maximum Gasteiger partial charge on any atom is -0.00988 e. The molecule has 0 aliphatic heterocycles. The Morgan fingerprint density at radius 1 is 0.292 bits per heavy atom. The summed E-state index contributed by atoms with van der Waals surface area (Å²) in [6, 6.07) is 81.5. The molecule has 0 heterocycles. The lowest BCUT2D eigenvalue weighted by molar-refractivity contribution is 0.775. The van der Waals surface area contributed by atoms with Gasteiger partial charge in [0.25, 0.3) is 0 Å². The molecule has 13 rings (SSSR count). The highest BCUT2D eigenvalue weighted by molar-refractivity contribution is 6.18. The monoisotopic (exact) mass is 824 g/mol. The van der Waals surface area contributed by atoms with E-state index in [2.05, 4.69) is 237 Å². The molecule has 1 atom stereocenters. The van der Waals surface area contributed by atoms with Gasteiger partial charge in [0.05, 0.1) is 0 Å². The molecular formula is C65H44. The number of rotatable bonds is 5. The van der Waals surface area contributed by atoms with E-state index in [9.17, 15) is 0 Å². The van der Waals surface area contributed by atoms with Crippen LogP contribution in [0.15, 0.2) is 224 Å². The smallest absolute Gasteiger partial charge is 0.00988 e. The Hall–Kier alpha value is -8.06. The molecule has 1 aliphatic carbocycles. The van der Waals surface area contributed by atoms with Crippen molar-refractivity contribution >= 4 is 70.7 Å². The van der Waals surface area contributed by atoms with Crippen LogP contribution in [-0.2, 0) is 0 Å². The average Bonchev–Trinajstić information content (AvgIpc) is 3.38. The Balaban J connectivity index is 0.800. The zero-order chi connectivity index (χ0) is 43.0. The topological polar surface area (TPSA) is 0 Å². The largest absolute Gasteiger partial charge is 0.0833 e. The van der Waals surface area contributed by atoms with Crippen LogP contribution >= 0.6 is 0 Å². The standard InChI is InChI=1S/C65H44/c1-41-11-8-22-62-55-19-5-3-13-51(55)40-64(65(41)62)49-17-9-14-44(35-49)42-23-25-43(26-24-42)46-27-31-56-52(37-46)29-33-61-57-32-28-47(38-53(57)30-34-60(56)61)45-15-10-16-48(36-45)63-39-50-12-2-4-18-54(50)58-20-6-7-21-59(58)63/h2-10,12-41H,11H2,1H3. The number of fused-ring (bicyclic) bond motifs is 11. The fraction of sp³-hybridized carbons (Fsp3) is 0.0462. The predicted octanol–water partition coefficient (Wildman–Crippen LogP) is 18.5. The minimum absolute atomic E-state index is 0.476. The molecule has 0 aromatic heterocycles. The highest BCUT2D eigenvalue weighted by Gasteiger charge is 2.21. The van der Waals surface area contributed by atoms with E-state index in [1.165, 1.54) is 131 Å². The van der Waals surface area contributed by atoms with Gasteiger partial charge in [-0.1, -0.05) is 201 Å². The van der Waals surface area contributed by atoms with Crippen molar-refractivity contribution in [2.45, 2.75) is 19.3 Å². The second-order valence-electron chi connectivity index (χ2n) is 18.0. The van der Waals surface area contributed by atoms with Crippen LogP contribution in [0.3, 0.4) is 0 Å². The van der Waals surface area contributed by atoms with E-state index in [0.717, 1.165) is 6.42 Å². The summed E-state index contributed by atoms with van der Waals surface area (Å²) in [6.07, 6.45) is 5.75. The van der Waals surface area contributed by atoms with Gasteiger partial charge in [-0.15, -0.1) is 0 Å². The summed E-state index contributed by atoms with van der Waals surface area (Å²) in [5.41, 5.74) is 15.3. The number of hydrogen-bond donors (Lipinski definition) is 0. The summed E-state index contributed by atoms with van der Waals surface area (Å²) in [7, 11) is 0. The van der Waals surface area contributed by atoms with Gasteiger partial charge >= 0.3 is 0 Å². The van der Waals surface area contributed by atoms with Crippen molar-refractivity contribution in [1.29, 1.82) is 0 Å². The first kappa shape index (κ1) is 37.5. The first-order valence-electron chi connectivity index (χ1n) is 23.0. The molecule has 0 fully saturated rings. The van der Waals surface area contributed by atoms with E-state index in [-0.39, 0.29) is 0 Å². The van der Waals surface area contributed by atoms with Crippen LogP contribution in [0.2, 0.25) is 0 Å². The average molecular weight is 825 g/mol. The second kappa shape index (κ2) is 15.0. The predicted molar refractivity (Wildman–Crippen MR) is 281 cm³/mol. The van der Waals surface area contributed by atoms with Crippen molar-refractivity contribution in [3.63, 3.8) is 0 Å². The van der Waals surface area contributed by atoms with Crippen molar-refractivity contribution in [2.75, 3.05) is 0 Å². The minimum atomic E-state index is 0.476. The highest BCUT2D eigenvalue weighted by Crippen LogP contribution is 2.43. The van der Waals surface area contributed by atoms with Crippen LogP contribution in [-0.4, -0.2) is 0 Å². The van der Waals surface area contributed by atoms with Gasteiger partial charge in [-0.2, -0.15) is 0 Å². The first-order chi connectivity index (χ1) is 32.1. The van der Waals surface area contributed by atoms with Crippen LogP contribution in [0, 0.1) is 0 Å². The van der Waals surface area contributed by atoms with Crippen molar-refractivity contribution in [3.05, 3.63) is 236 Å². The van der Waals surface area contributed by atoms with E-state index >= 15 is 0 Å². The van der Waals surface area contributed by atoms with E-state index in [0.29, 0.717) is 5.92 Å². The second-order valence-corrected chi connectivity index (χ2v) is 18.0. The molecule has 65 heavy (non-hydrogen) atoms. The molecule has 12 aromatic rings. The molecular weight excluding hydrogens is 781 g/mol. The van der Waals surface area contributed by atoms with Crippen LogP contribution in [0.25, 0.3) is 126 Å². The molecule has 0 heteroatoms. The number of benzene rings is 12. The normalized spacial score (nSPS) is 13.6. The molecule has 0 amide bonds.